The Kier molecular flexibility index (Phi) is 4.76. The molecule has 0 radical (unpaired) electrons. The molecule has 0 aromatic carbocycles. The van der Waals surface area contributed by atoms with Gasteiger partial charge >= 0.3 is 0 Å². The fraction of sp³-hybridized carbons (Fsp3) is 0.118. The third-order valence-corrected chi connectivity index (χ3v) is 5.14. The minimum atomic E-state index is -1.30. The first kappa shape index (κ1) is 15.7. The van der Waals surface area contributed by atoms with E-state index in [-0.39, 0.29) is 12.5 Å². The Morgan fingerprint density at radius 1 is 1.35 bits per heavy atom. The highest BCUT2D eigenvalue weighted by Gasteiger charge is 2.34. The van der Waals surface area contributed by atoms with Crippen LogP contribution >= 0.6 is 22.7 Å². The summed E-state index contributed by atoms with van der Waals surface area (Å²) in [5, 5.41) is 19.6. The molecule has 3 aromatic rings. The van der Waals surface area contributed by atoms with Crippen molar-refractivity contribution in [2.45, 2.75) is 5.60 Å². The lowest BCUT2D eigenvalue weighted by Gasteiger charge is -2.26. The molecule has 0 aliphatic rings. The molecule has 0 fully saturated rings. The summed E-state index contributed by atoms with van der Waals surface area (Å²) in [6.07, 6.45) is 6.21. The van der Waals surface area contributed by atoms with Gasteiger partial charge in [0.25, 0.3) is 0 Å². The van der Waals surface area contributed by atoms with E-state index in [9.17, 15) is 9.90 Å². The number of thiophene rings is 2. The number of nitrogens with one attached hydrogen (secondary N) is 1. The molecule has 2 N–H and O–H groups in total. The minimum absolute atomic E-state index is 0.0693. The molecule has 0 bridgehead atoms. The quantitative estimate of drug-likeness (QED) is 0.673. The van der Waals surface area contributed by atoms with Crippen LogP contribution in [-0.2, 0) is 10.4 Å². The van der Waals surface area contributed by atoms with Crippen molar-refractivity contribution in [2.24, 2.45) is 0 Å². The van der Waals surface area contributed by atoms with Crippen molar-refractivity contribution < 1.29 is 14.3 Å². The van der Waals surface area contributed by atoms with E-state index in [1.54, 1.807) is 23.5 Å². The van der Waals surface area contributed by atoms with Crippen LogP contribution in [0.1, 0.15) is 16.0 Å². The third kappa shape index (κ3) is 3.61. The lowest BCUT2D eigenvalue weighted by atomic mass is 9.94. The predicted octanol–water partition coefficient (Wildman–Crippen LogP) is 3.47. The maximum absolute atomic E-state index is 12.0. The molecule has 0 spiro atoms. The van der Waals surface area contributed by atoms with E-state index in [2.05, 4.69) is 5.32 Å². The van der Waals surface area contributed by atoms with Crippen molar-refractivity contribution in [1.29, 1.82) is 0 Å². The van der Waals surface area contributed by atoms with Crippen LogP contribution in [0.4, 0.5) is 0 Å². The van der Waals surface area contributed by atoms with Gasteiger partial charge in [-0.25, -0.2) is 0 Å². The molecule has 118 valence electrons. The first-order valence-corrected chi connectivity index (χ1v) is 8.78. The number of hydrogen-bond donors (Lipinski definition) is 2. The van der Waals surface area contributed by atoms with Crippen LogP contribution in [0.5, 0.6) is 0 Å². The van der Waals surface area contributed by atoms with E-state index >= 15 is 0 Å². The average molecular weight is 345 g/mol. The van der Waals surface area contributed by atoms with Gasteiger partial charge in [-0.1, -0.05) is 6.07 Å². The van der Waals surface area contributed by atoms with Crippen LogP contribution in [0.2, 0.25) is 0 Å². The summed E-state index contributed by atoms with van der Waals surface area (Å²) >= 11 is 3.00. The molecule has 4 nitrogen and oxygen atoms in total. The van der Waals surface area contributed by atoms with Gasteiger partial charge in [0.1, 0.15) is 5.60 Å². The SMILES string of the molecule is O=C(/C=C/c1ccsc1)NC[C@@](O)(c1ccoc1)c1cccs1. The Bertz CT molecular complexity index is 725. The Balaban J connectivity index is 1.71. The van der Waals surface area contributed by atoms with Crippen LogP contribution in [0.15, 0.2) is 63.4 Å². The Morgan fingerprint density at radius 2 is 2.26 bits per heavy atom. The van der Waals surface area contributed by atoms with Gasteiger partial charge in [-0.15, -0.1) is 11.3 Å². The van der Waals surface area contributed by atoms with Crippen LogP contribution in [0.3, 0.4) is 0 Å². The molecule has 1 atom stereocenters. The lowest BCUT2D eigenvalue weighted by Crippen LogP contribution is -2.40. The maximum Gasteiger partial charge on any atom is 0.244 e. The molecule has 0 aliphatic carbocycles. The summed E-state index contributed by atoms with van der Waals surface area (Å²) in [5.41, 5.74) is 0.295. The van der Waals surface area contributed by atoms with Crippen molar-refractivity contribution in [2.75, 3.05) is 6.54 Å². The molecule has 6 heteroatoms. The van der Waals surface area contributed by atoms with Crippen molar-refractivity contribution in [3.8, 4) is 0 Å². The van der Waals surface area contributed by atoms with Crippen molar-refractivity contribution >= 4 is 34.7 Å². The highest BCUT2D eigenvalue weighted by molar-refractivity contribution is 7.10. The smallest absolute Gasteiger partial charge is 0.244 e. The number of furan rings is 1. The standard InChI is InChI=1S/C17H15NO3S2/c19-16(4-3-13-6-9-22-11-13)18-12-17(20,14-5-7-21-10-14)15-2-1-8-23-15/h1-11,20H,12H2,(H,18,19)/b4-3+/t17-/m1/s1. The summed E-state index contributed by atoms with van der Waals surface area (Å²) in [7, 11) is 0. The number of aliphatic hydroxyl groups is 1. The van der Waals surface area contributed by atoms with Gasteiger partial charge in [0.15, 0.2) is 0 Å². The molecule has 0 unspecified atom stereocenters. The zero-order chi connectivity index (χ0) is 16.1. The van der Waals surface area contributed by atoms with Gasteiger partial charge in [0, 0.05) is 16.5 Å². The molecule has 0 saturated carbocycles. The van der Waals surface area contributed by atoms with E-state index in [4.69, 9.17) is 4.42 Å². The zero-order valence-corrected chi connectivity index (χ0v) is 13.8. The lowest BCUT2D eigenvalue weighted by molar-refractivity contribution is -0.117. The second kappa shape index (κ2) is 6.95. The first-order chi connectivity index (χ1) is 11.2. The number of amides is 1. The third-order valence-electron chi connectivity index (χ3n) is 3.42. The van der Waals surface area contributed by atoms with Gasteiger partial charge in [0.2, 0.25) is 5.91 Å². The van der Waals surface area contributed by atoms with Gasteiger partial charge in [-0.2, -0.15) is 11.3 Å². The molecule has 0 aliphatic heterocycles. The number of carbonyl (C=O) groups excluding carboxylic acids is 1. The zero-order valence-electron chi connectivity index (χ0n) is 12.1. The van der Waals surface area contributed by atoms with Gasteiger partial charge in [-0.3, -0.25) is 4.79 Å². The summed E-state index contributed by atoms with van der Waals surface area (Å²) in [6.45, 7) is 0.0693. The summed E-state index contributed by atoms with van der Waals surface area (Å²) < 4.78 is 5.08. The Labute approximate surface area is 141 Å². The first-order valence-electron chi connectivity index (χ1n) is 6.95. The predicted molar refractivity (Wildman–Crippen MR) is 92.4 cm³/mol. The number of hydrogen-bond acceptors (Lipinski definition) is 5. The molecule has 0 saturated heterocycles. The second-order valence-electron chi connectivity index (χ2n) is 4.96. The van der Waals surface area contributed by atoms with E-state index < -0.39 is 5.60 Å². The van der Waals surface area contributed by atoms with Crippen LogP contribution < -0.4 is 5.32 Å². The fourth-order valence-electron chi connectivity index (χ4n) is 2.16. The maximum atomic E-state index is 12.0. The van der Waals surface area contributed by atoms with Crippen LogP contribution in [0, 0.1) is 0 Å². The van der Waals surface area contributed by atoms with E-state index in [1.807, 2.05) is 34.3 Å². The van der Waals surface area contributed by atoms with Crippen LogP contribution in [0.25, 0.3) is 6.08 Å². The highest BCUT2D eigenvalue weighted by Crippen LogP contribution is 2.32. The molecule has 23 heavy (non-hydrogen) atoms. The summed E-state index contributed by atoms with van der Waals surface area (Å²) in [5.74, 6) is -0.255. The van der Waals surface area contributed by atoms with Crippen molar-refractivity contribution in [3.05, 3.63) is 75.0 Å². The van der Waals surface area contributed by atoms with E-state index in [1.165, 1.54) is 29.9 Å². The van der Waals surface area contributed by atoms with Crippen LogP contribution in [-0.4, -0.2) is 17.6 Å². The summed E-state index contributed by atoms with van der Waals surface area (Å²) in [6, 6.07) is 7.34. The van der Waals surface area contributed by atoms with Gasteiger partial charge in [0.05, 0.1) is 19.1 Å². The van der Waals surface area contributed by atoms with Gasteiger partial charge < -0.3 is 14.8 Å². The van der Waals surface area contributed by atoms with E-state index in [0.29, 0.717) is 5.56 Å². The molecule has 3 aromatic heterocycles. The molecule has 3 heterocycles. The normalized spacial score (nSPS) is 14.0. The van der Waals surface area contributed by atoms with Gasteiger partial charge in [-0.05, 0) is 46.0 Å². The monoisotopic (exact) mass is 345 g/mol. The molecular weight excluding hydrogens is 330 g/mol. The second-order valence-corrected chi connectivity index (χ2v) is 6.69. The van der Waals surface area contributed by atoms with Crippen molar-refractivity contribution in [3.63, 3.8) is 0 Å². The topological polar surface area (TPSA) is 62.5 Å². The average Bonchev–Trinajstić information content (AvgIpc) is 3.33. The Morgan fingerprint density at radius 3 is 2.91 bits per heavy atom. The molecule has 1 amide bonds. The highest BCUT2D eigenvalue weighted by atomic mass is 32.1. The number of carbonyl (C=O) groups is 1. The summed E-state index contributed by atoms with van der Waals surface area (Å²) in [4.78, 5) is 12.7. The largest absolute Gasteiger partial charge is 0.472 e. The Hall–Kier alpha value is -2.15. The number of rotatable bonds is 6. The molecule has 3 rings (SSSR count). The fourth-order valence-corrected chi connectivity index (χ4v) is 3.64. The minimum Gasteiger partial charge on any atom is -0.472 e. The van der Waals surface area contributed by atoms with E-state index in [0.717, 1.165) is 10.4 Å². The van der Waals surface area contributed by atoms with Crippen molar-refractivity contribution in [1.82, 2.24) is 5.32 Å². The molecular formula is C17H15NO3S2.